The fourth-order valence-corrected chi connectivity index (χ4v) is 4.67. The lowest BCUT2D eigenvalue weighted by Gasteiger charge is -2.31. The van der Waals surface area contributed by atoms with Crippen molar-refractivity contribution in [2.75, 3.05) is 23.4 Å². The Bertz CT molecular complexity index is 895. The normalized spacial score (nSPS) is 19.8. The maximum atomic E-state index is 12.4. The molecular formula is C24H31F3N4O. The first kappa shape index (κ1) is 22.7. The molecule has 8 heteroatoms. The predicted molar refractivity (Wildman–Crippen MR) is 120 cm³/mol. The van der Waals surface area contributed by atoms with Crippen LogP contribution in [0.1, 0.15) is 51.5 Å². The zero-order valence-corrected chi connectivity index (χ0v) is 18.7. The van der Waals surface area contributed by atoms with Crippen molar-refractivity contribution in [2.24, 2.45) is 0 Å². The molecule has 4 rings (SSSR count). The highest BCUT2D eigenvalue weighted by Crippen LogP contribution is 2.33. The Hall–Kier alpha value is -2.48. The molecule has 174 valence electrons. The molecule has 0 unspecified atom stereocenters. The summed E-state index contributed by atoms with van der Waals surface area (Å²) in [6.07, 6.45) is 5.34. The van der Waals surface area contributed by atoms with E-state index in [1.54, 1.807) is 12.1 Å². The van der Waals surface area contributed by atoms with Crippen LogP contribution in [0.2, 0.25) is 0 Å². The van der Waals surface area contributed by atoms with E-state index in [1.807, 2.05) is 12.4 Å². The van der Waals surface area contributed by atoms with E-state index in [2.05, 4.69) is 44.8 Å². The Morgan fingerprint density at radius 3 is 2.50 bits per heavy atom. The summed E-state index contributed by atoms with van der Waals surface area (Å²) in [5, 5.41) is 3.71. The van der Waals surface area contributed by atoms with Crippen LogP contribution < -0.4 is 15.0 Å². The molecular weight excluding hydrogens is 417 g/mol. The van der Waals surface area contributed by atoms with Gasteiger partial charge in [-0.15, -0.1) is 13.2 Å². The van der Waals surface area contributed by atoms with Gasteiger partial charge in [-0.1, -0.05) is 19.3 Å². The smallest absolute Gasteiger partial charge is 0.406 e. The van der Waals surface area contributed by atoms with Gasteiger partial charge >= 0.3 is 6.36 Å². The van der Waals surface area contributed by atoms with E-state index >= 15 is 0 Å². The van der Waals surface area contributed by atoms with Crippen LogP contribution in [-0.4, -0.2) is 41.0 Å². The van der Waals surface area contributed by atoms with Crippen molar-refractivity contribution < 1.29 is 17.9 Å². The zero-order valence-electron chi connectivity index (χ0n) is 18.7. The second-order valence-corrected chi connectivity index (χ2v) is 9.40. The molecule has 1 saturated carbocycles. The number of rotatable bonds is 6. The highest BCUT2D eigenvalue weighted by atomic mass is 19.4. The molecule has 2 aliphatic rings. The Balaban J connectivity index is 1.44. The number of halogens is 3. The van der Waals surface area contributed by atoms with Crippen molar-refractivity contribution in [3.63, 3.8) is 0 Å². The van der Waals surface area contributed by atoms with Gasteiger partial charge in [0.2, 0.25) is 0 Å². The molecule has 5 nitrogen and oxygen atoms in total. The summed E-state index contributed by atoms with van der Waals surface area (Å²) >= 11 is 0. The molecule has 0 radical (unpaired) electrons. The SMILES string of the molecule is CC1(C)CN(c2ccc(OC(F)(F)F)cc2)CN1Cc1ccncc1NC1CCCCC1. The van der Waals surface area contributed by atoms with Crippen LogP contribution in [0.3, 0.4) is 0 Å². The van der Waals surface area contributed by atoms with Gasteiger partial charge in [0.25, 0.3) is 0 Å². The van der Waals surface area contributed by atoms with Gasteiger partial charge < -0.3 is 15.0 Å². The molecule has 0 bridgehead atoms. The van der Waals surface area contributed by atoms with Gasteiger partial charge in [0.15, 0.2) is 0 Å². The molecule has 0 atom stereocenters. The minimum Gasteiger partial charge on any atom is -0.406 e. The summed E-state index contributed by atoms with van der Waals surface area (Å²) in [7, 11) is 0. The molecule has 32 heavy (non-hydrogen) atoms. The van der Waals surface area contributed by atoms with E-state index in [0.717, 1.165) is 24.5 Å². The Labute approximate surface area is 187 Å². The van der Waals surface area contributed by atoms with E-state index in [9.17, 15) is 13.2 Å². The van der Waals surface area contributed by atoms with Crippen molar-refractivity contribution in [1.29, 1.82) is 0 Å². The molecule has 1 N–H and O–H groups in total. The van der Waals surface area contributed by atoms with E-state index in [-0.39, 0.29) is 11.3 Å². The van der Waals surface area contributed by atoms with Gasteiger partial charge in [0.1, 0.15) is 5.75 Å². The number of nitrogens with zero attached hydrogens (tertiary/aromatic N) is 3. The van der Waals surface area contributed by atoms with Gasteiger partial charge in [-0.3, -0.25) is 9.88 Å². The number of ether oxygens (including phenoxy) is 1. The highest BCUT2D eigenvalue weighted by molar-refractivity contribution is 5.52. The number of nitrogens with one attached hydrogen (secondary N) is 1. The third kappa shape index (κ3) is 5.65. The number of hydrogen-bond acceptors (Lipinski definition) is 5. The molecule has 2 aromatic rings. The topological polar surface area (TPSA) is 40.6 Å². The quantitative estimate of drug-likeness (QED) is 0.606. The molecule has 2 heterocycles. The molecule has 0 amide bonds. The van der Waals surface area contributed by atoms with E-state index in [4.69, 9.17) is 0 Å². The number of pyridine rings is 1. The van der Waals surface area contributed by atoms with Gasteiger partial charge in [-0.25, -0.2) is 0 Å². The molecule has 1 aromatic carbocycles. The summed E-state index contributed by atoms with van der Waals surface area (Å²) in [6, 6.07) is 8.69. The van der Waals surface area contributed by atoms with E-state index < -0.39 is 6.36 Å². The molecule has 1 saturated heterocycles. The van der Waals surface area contributed by atoms with Crippen LogP contribution in [-0.2, 0) is 6.54 Å². The maximum absolute atomic E-state index is 12.4. The highest BCUT2D eigenvalue weighted by Gasteiger charge is 2.37. The van der Waals surface area contributed by atoms with Gasteiger partial charge in [-0.2, -0.15) is 0 Å². The molecule has 2 fully saturated rings. The van der Waals surface area contributed by atoms with Crippen LogP contribution in [0.15, 0.2) is 42.7 Å². The fraction of sp³-hybridized carbons (Fsp3) is 0.542. The summed E-state index contributed by atoms with van der Waals surface area (Å²) < 4.78 is 41.3. The lowest BCUT2D eigenvalue weighted by atomic mass is 9.95. The van der Waals surface area contributed by atoms with Gasteiger partial charge in [-0.05, 0) is 62.6 Å². The van der Waals surface area contributed by atoms with Crippen molar-refractivity contribution in [3.05, 3.63) is 48.3 Å². The third-order valence-electron chi connectivity index (χ3n) is 6.45. The second kappa shape index (κ2) is 9.17. The van der Waals surface area contributed by atoms with Crippen molar-refractivity contribution in [1.82, 2.24) is 9.88 Å². The summed E-state index contributed by atoms with van der Waals surface area (Å²) in [6.45, 7) is 6.64. The maximum Gasteiger partial charge on any atom is 0.573 e. The predicted octanol–water partition coefficient (Wildman–Crippen LogP) is 5.78. The zero-order chi connectivity index (χ0) is 22.8. The van der Waals surface area contributed by atoms with Gasteiger partial charge in [0, 0.05) is 36.6 Å². The average Bonchev–Trinajstić information content (AvgIpc) is 3.04. The van der Waals surface area contributed by atoms with Crippen LogP contribution in [0.25, 0.3) is 0 Å². The summed E-state index contributed by atoms with van der Waals surface area (Å²) in [5.74, 6) is -0.202. The average molecular weight is 449 g/mol. The third-order valence-corrected chi connectivity index (χ3v) is 6.45. The molecule has 1 aliphatic heterocycles. The van der Waals surface area contributed by atoms with E-state index in [0.29, 0.717) is 12.7 Å². The largest absolute Gasteiger partial charge is 0.573 e. The number of anilines is 2. The monoisotopic (exact) mass is 448 g/mol. The van der Waals surface area contributed by atoms with Gasteiger partial charge in [0.05, 0.1) is 18.6 Å². The minimum atomic E-state index is -4.68. The first-order valence-electron chi connectivity index (χ1n) is 11.2. The molecule has 1 aromatic heterocycles. The van der Waals surface area contributed by atoms with Crippen molar-refractivity contribution in [2.45, 2.75) is 70.4 Å². The van der Waals surface area contributed by atoms with Crippen molar-refractivity contribution >= 4 is 11.4 Å². The van der Waals surface area contributed by atoms with Crippen LogP contribution in [0.4, 0.5) is 24.5 Å². The summed E-state index contributed by atoms with van der Waals surface area (Å²) in [4.78, 5) is 8.92. The van der Waals surface area contributed by atoms with Crippen molar-refractivity contribution in [3.8, 4) is 5.75 Å². The number of aromatic nitrogens is 1. The van der Waals surface area contributed by atoms with Crippen LogP contribution in [0, 0.1) is 0 Å². The first-order chi connectivity index (χ1) is 15.2. The lowest BCUT2D eigenvalue weighted by Crippen LogP contribution is -2.39. The number of benzene rings is 1. The number of alkyl halides is 3. The standard InChI is InChI=1S/C24H31F3N4O/c1-23(2)16-30(20-8-10-21(11-9-20)32-24(25,26)27)17-31(23)15-18-12-13-28-14-22(18)29-19-6-4-3-5-7-19/h8-14,19,29H,3-7,15-17H2,1-2H3. The van der Waals surface area contributed by atoms with E-state index in [1.165, 1.54) is 49.8 Å². The molecule has 1 aliphatic carbocycles. The fourth-order valence-electron chi connectivity index (χ4n) is 4.67. The Morgan fingerprint density at radius 2 is 1.81 bits per heavy atom. The second-order valence-electron chi connectivity index (χ2n) is 9.40. The minimum absolute atomic E-state index is 0.0908. The van der Waals surface area contributed by atoms with Crippen LogP contribution in [0.5, 0.6) is 5.75 Å². The van der Waals surface area contributed by atoms with Crippen LogP contribution >= 0.6 is 0 Å². The number of hydrogen-bond donors (Lipinski definition) is 1. The Morgan fingerprint density at radius 1 is 1.09 bits per heavy atom. The molecule has 0 spiro atoms. The summed E-state index contributed by atoms with van der Waals surface area (Å²) in [5.41, 5.74) is 3.11. The first-order valence-corrected chi connectivity index (χ1v) is 11.2. The Kier molecular flexibility index (Phi) is 6.51. The lowest BCUT2D eigenvalue weighted by molar-refractivity contribution is -0.274.